The third-order valence-electron chi connectivity index (χ3n) is 4.13. The molecule has 138 valence electrons. The number of thiazole rings is 1. The Kier molecular flexibility index (Phi) is 4.32. The number of H-pyrrole nitrogens is 1. The van der Waals surface area contributed by atoms with Crippen LogP contribution in [0.4, 0.5) is 5.13 Å². The molecular weight excluding hydrogens is 370 g/mol. The second kappa shape index (κ2) is 6.80. The number of carbonyl (C=O) groups is 2. The maximum absolute atomic E-state index is 12.6. The SMILES string of the molecule is Cc1cc(C(=O)Nc2nc3c(s2)CN(C(=O)c2ccc(=O)[nH]c2)CC3)no1. The van der Waals surface area contributed by atoms with E-state index in [4.69, 9.17) is 4.52 Å². The summed E-state index contributed by atoms with van der Waals surface area (Å²) in [6.45, 7) is 2.63. The molecule has 0 unspecified atom stereocenters. The molecule has 3 aromatic heterocycles. The Hall–Kier alpha value is -3.27. The third kappa shape index (κ3) is 3.51. The number of pyridine rings is 1. The number of nitrogens with zero attached hydrogens (tertiary/aromatic N) is 3. The van der Waals surface area contributed by atoms with Gasteiger partial charge in [-0.05, 0) is 13.0 Å². The monoisotopic (exact) mass is 385 g/mol. The molecule has 0 spiro atoms. The van der Waals surface area contributed by atoms with Gasteiger partial charge in [-0.1, -0.05) is 16.5 Å². The Morgan fingerprint density at radius 1 is 1.37 bits per heavy atom. The normalized spacial score (nSPS) is 13.3. The fraction of sp³-hybridized carbons (Fsp3) is 0.235. The Morgan fingerprint density at radius 3 is 2.93 bits per heavy atom. The minimum Gasteiger partial charge on any atom is -0.361 e. The van der Waals surface area contributed by atoms with Crippen molar-refractivity contribution in [3.8, 4) is 0 Å². The molecule has 2 N–H and O–H groups in total. The van der Waals surface area contributed by atoms with E-state index in [1.54, 1.807) is 17.9 Å². The second-order valence-electron chi connectivity index (χ2n) is 6.08. The first-order chi connectivity index (χ1) is 13.0. The molecule has 0 radical (unpaired) electrons. The number of aryl methyl sites for hydroxylation is 1. The van der Waals surface area contributed by atoms with E-state index < -0.39 is 0 Å². The van der Waals surface area contributed by atoms with E-state index in [2.05, 4.69) is 20.4 Å². The smallest absolute Gasteiger partial charge is 0.279 e. The van der Waals surface area contributed by atoms with Crippen molar-refractivity contribution in [2.24, 2.45) is 0 Å². The molecule has 0 aliphatic carbocycles. The number of nitrogens with one attached hydrogen (secondary N) is 2. The van der Waals surface area contributed by atoms with Crippen molar-refractivity contribution in [3.05, 3.63) is 62.3 Å². The number of carbonyl (C=O) groups excluding carboxylic acids is 2. The Morgan fingerprint density at radius 2 is 2.22 bits per heavy atom. The lowest BCUT2D eigenvalue weighted by atomic mass is 10.1. The molecule has 9 nitrogen and oxygen atoms in total. The van der Waals surface area contributed by atoms with Crippen LogP contribution in [0.2, 0.25) is 0 Å². The van der Waals surface area contributed by atoms with Crippen molar-refractivity contribution in [3.63, 3.8) is 0 Å². The Balaban J connectivity index is 1.47. The number of hydrogen-bond acceptors (Lipinski definition) is 7. The summed E-state index contributed by atoms with van der Waals surface area (Å²) in [5.74, 6) is 0.00284. The number of hydrogen-bond donors (Lipinski definition) is 2. The molecule has 0 fully saturated rings. The molecule has 27 heavy (non-hydrogen) atoms. The first kappa shape index (κ1) is 17.2. The minimum atomic E-state index is -0.390. The van der Waals surface area contributed by atoms with E-state index in [9.17, 15) is 14.4 Å². The van der Waals surface area contributed by atoms with E-state index in [1.807, 2.05) is 0 Å². The summed E-state index contributed by atoms with van der Waals surface area (Å²) in [5.41, 5.74) is 1.24. The summed E-state index contributed by atoms with van der Waals surface area (Å²) in [7, 11) is 0. The van der Waals surface area contributed by atoms with Crippen molar-refractivity contribution in [2.45, 2.75) is 19.9 Å². The van der Waals surface area contributed by atoms with Crippen LogP contribution in [-0.4, -0.2) is 38.4 Å². The topological polar surface area (TPSA) is 121 Å². The largest absolute Gasteiger partial charge is 0.361 e. The van der Waals surface area contributed by atoms with Gasteiger partial charge in [-0.15, -0.1) is 0 Å². The van der Waals surface area contributed by atoms with Gasteiger partial charge in [0.25, 0.3) is 11.8 Å². The molecule has 0 atom stereocenters. The lowest BCUT2D eigenvalue weighted by Gasteiger charge is -2.26. The number of amides is 2. The van der Waals surface area contributed by atoms with E-state index in [0.717, 1.165) is 10.6 Å². The number of aromatic amines is 1. The van der Waals surface area contributed by atoms with Gasteiger partial charge < -0.3 is 14.4 Å². The van der Waals surface area contributed by atoms with Crippen LogP contribution < -0.4 is 10.9 Å². The van der Waals surface area contributed by atoms with Crippen LogP contribution in [0.3, 0.4) is 0 Å². The van der Waals surface area contributed by atoms with Gasteiger partial charge in [-0.3, -0.25) is 19.7 Å². The number of rotatable bonds is 3. The van der Waals surface area contributed by atoms with Gasteiger partial charge in [0.2, 0.25) is 5.56 Å². The zero-order valence-electron chi connectivity index (χ0n) is 14.3. The maximum atomic E-state index is 12.6. The van der Waals surface area contributed by atoms with E-state index in [1.165, 1.54) is 29.7 Å². The molecule has 3 aromatic rings. The average molecular weight is 385 g/mol. The van der Waals surface area contributed by atoms with Crippen molar-refractivity contribution in [1.29, 1.82) is 0 Å². The standard InChI is InChI=1S/C17H15N5O4S/c1-9-6-12(21-26-9)15(24)20-17-19-11-4-5-22(8-13(11)27-17)16(25)10-2-3-14(23)18-7-10/h2-3,6-7H,4-5,8H2,1H3,(H,18,23)(H,19,20,24). The summed E-state index contributed by atoms with van der Waals surface area (Å²) in [6.07, 6.45) is 2.01. The second-order valence-corrected chi connectivity index (χ2v) is 7.17. The van der Waals surface area contributed by atoms with Crippen molar-refractivity contribution < 1.29 is 14.1 Å². The zero-order valence-corrected chi connectivity index (χ0v) is 15.1. The predicted octanol–water partition coefficient (Wildman–Crippen LogP) is 1.58. The lowest BCUT2D eigenvalue weighted by molar-refractivity contribution is 0.0735. The van der Waals surface area contributed by atoms with Crippen LogP contribution in [-0.2, 0) is 13.0 Å². The fourth-order valence-electron chi connectivity index (χ4n) is 2.78. The van der Waals surface area contributed by atoms with Crippen molar-refractivity contribution in [2.75, 3.05) is 11.9 Å². The summed E-state index contributed by atoms with van der Waals surface area (Å²) < 4.78 is 4.90. The first-order valence-corrected chi connectivity index (χ1v) is 9.02. The van der Waals surface area contributed by atoms with Crippen LogP contribution in [0, 0.1) is 6.92 Å². The van der Waals surface area contributed by atoms with E-state index >= 15 is 0 Å². The van der Waals surface area contributed by atoms with Crippen LogP contribution in [0.1, 0.15) is 37.2 Å². The van der Waals surface area contributed by atoms with Crippen LogP contribution in [0.5, 0.6) is 0 Å². The van der Waals surface area contributed by atoms with Gasteiger partial charge >= 0.3 is 0 Å². The first-order valence-electron chi connectivity index (χ1n) is 8.21. The lowest BCUT2D eigenvalue weighted by Crippen LogP contribution is -2.35. The molecule has 1 aliphatic rings. The fourth-order valence-corrected chi connectivity index (χ4v) is 3.80. The van der Waals surface area contributed by atoms with Gasteiger partial charge in [0.15, 0.2) is 10.8 Å². The molecule has 4 rings (SSSR count). The highest BCUT2D eigenvalue weighted by molar-refractivity contribution is 7.15. The van der Waals surface area contributed by atoms with Crippen LogP contribution in [0.15, 0.2) is 33.7 Å². The Labute approximate surface area is 157 Å². The summed E-state index contributed by atoms with van der Waals surface area (Å²) in [4.78, 5) is 45.5. The van der Waals surface area contributed by atoms with Crippen molar-refractivity contribution >= 4 is 28.3 Å². The average Bonchev–Trinajstić information content (AvgIpc) is 3.26. The summed E-state index contributed by atoms with van der Waals surface area (Å²) in [5, 5.41) is 6.86. The quantitative estimate of drug-likeness (QED) is 0.706. The van der Waals surface area contributed by atoms with E-state index in [-0.39, 0.29) is 23.1 Å². The highest BCUT2D eigenvalue weighted by atomic mass is 32.1. The van der Waals surface area contributed by atoms with Crippen LogP contribution >= 0.6 is 11.3 Å². The molecule has 1 aliphatic heterocycles. The van der Waals surface area contributed by atoms with Gasteiger partial charge in [0.1, 0.15) is 5.76 Å². The van der Waals surface area contributed by atoms with Crippen LogP contribution in [0.25, 0.3) is 0 Å². The van der Waals surface area contributed by atoms with Gasteiger partial charge in [0.05, 0.1) is 17.8 Å². The highest BCUT2D eigenvalue weighted by Gasteiger charge is 2.25. The molecule has 0 bridgehead atoms. The molecule has 4 heterocycles. The van der Waals surface area contributed by atoms with Gasteiger partial charge in [0, 0.05) is 36.2 Å². The predicted molar refractivity (Wildman–Crippen MR) is 96.8 cm³/mol. The third-order valence-corrected chi connectivity index (χ3v) is 5.13. The zero-order chi connectivity index (χ0) is 19.0. The molecule has 10 heteroatoms. The highest BCUT2D eigenvalue weighted by Crippen LogP contribution is 2.29. The summed E-state index contributed by atoms with van der Waals surface area (Å²) >= 11 is 1.33. The maximum Gasteiger partial charge on any atom is 0.279 e. The Bertz CT molecular complexity index is 1060. The molecule has 0 saturated heterocycles. The van der Waals surface area contributed by atoms with E-state index in [0.29, 0.717) is 36.0 Å². The molecular formula is C17H15N5O4S. The number of fused-ring (bicyclic) bond motifs is 1. The van der Waals surface area contributed by atoms with Crippen molar-refractivity contribution in [1.82, 2.24) is 20.0 Å². The van der Waals surface area contributed by atoms with Gasteiger partial charge in [-0.25, -0.2) is 4.98 Å². The minimum absolute atomic E-state index is 0.158. The number of aromatic nitrogens is 3. The summed E-state index contributed by atoms with van der Waals surface area (Å²) in [6, 6.07) is 4.39. The van der Waals surface area contributed by atoms with Gasteiger partial charge in [-0.2, -0.15) is 0 Å². The molecule has 0 aromatic carbocycles. The number of anilines is 1. The molecule has 2 amide bonds. The molecule has 0 saturated carbocycles.